The van der Waals surface area contributed by atoms with Gasteiger partial charge in [-0.1, -0.05) is 6.92 Å². The van der Waals surface area contributed by atoms with Gasteiger partial charge in [0, 0.05) is 32.8 Å². The maximum Gasteiger partial charge on any atom is 0.0698 e. The predicted octanol–water partition coefficient (Wildman–Crippen LogP) is 0.848. The fourth-order valence-electron chi connectivity index (χ4n) is 2.45. The van der Waals surface area contributed by atoms with E-state index in [-0.39, 0.29) is 6.61 Å². The number of hydrogen-bond donors (Lipinski definition) is 2. The molecular formula is C13H28N2O2. The Morgan fingerprint density at radius 2 is 2.35 bits per heavy atom. The van der Waals surface area contributed by atoms with E-state index in [2.05, 4.69) is 17.1 Å². The molecule has 102 valence electrons. The van der Waals surface area contributed by atoms with Crippen molar-refractivity contribution >= 4 is 0 Å². The second-order valence-corrected chi connectivity index (χ2v) is 4.92. The van der Waals surface area contributed by atoms with E-state index in [0.717, 1.165) is 39.0 Å². The molecule has 1 aliphatic rings. The molecular weight excluding hydrogens is 216 g/mol. The van der Waals surface area contributed by atoms with Crippen LogP contribution in [-0.4, -0.2) is 62.0 Å². The lowest BCUT2D eigenvalue weighted by Gasteiger charge is -2.34. The first-order valence-corrected chi connectivity index (χ1v) is 6.89. The van der Waals surface area contributed by atoms with Gasteiger partial charge in [0.05, 0.1) is 6.10 Å². The lowest BCUT2D eigenvalue weighted by Crippen LogP contribution is -2.47. The molecule has 2 unspecified atom stereocenters. The number of hydrogen-bond acceptors (Lipinski definition) is 4. The molecule has 0 aliphatic carbocycles. The van der Waals surface area contributed by atoms with Crippen molar-refractivity contribution in [3.8, 4) is 0 Å². The third-order valence-corrected chi connectivity index (χ3v) is 3.43. The summed E-state index contributed by atoms with van der Waals surface area (Å²) in [4.78, 5) is 2.46. The Labute approximate surface area is 105 Å². The van der Waals surface area contributed by atoms with Gasteiger partial charge >= 0.3 is 0 Å². The number of aliphatic hydroxyl groups excluding tert-OH is 1. The van der Waals surface area contributed by atoms with E-state index in [4.69, 9.17) is 9.84 Å². The van der Waals surface area contributed by atoms with Crippen LogP contribution in [0.4, 0.5) is 0 Å². The van der Waals surface area contributed by atoms with Crippen LogP contribution in [0.25, 0.3) is 0 Å². The average Bonchev–Trinajstić information content (AvgIpc) is 2.36. The van der Waals surface area contributed by atoms with E-state index in [1.165, 1.54) is 12.8 Å². The first kappa shape index (κ1) is 14.9. The normalized spacial score (nSPS) is 23.8. The third kappa shape index (κ3) is 5.82. The van der Waals surface area contributed by atoms with E-state index in [0.29, 0.717) is 12.1 Å². The van der Waals surface area contributed by atoms with Gasteiger partial charge in [-0.3, -0.25) is 4.90 Å². The predicted molar refractivity (Wildman–Crippen MR) is 70.3 cm³/mol. The fourth-order valence-corrected chi connectivity index (χ4v) is 2.45. The number of rotatable bonds is 8. The van der Waals surface area contributed by atoms with Crippen LogP contribution in [0.15, 0.2) is 0 Å². The van der Waals surface area contributed by atoms with Gasteiger partial charge in [0.2, 0.25) is 0 Å². The minimum Gasteiger partial charge on any atom is -0.396 e. The van der Waals surface area contributed by atoms with E-state index in [9.17, 15) is 0 Å². The van der Waals surface area contributed by atoms with Crippen LogP contribution < -0.4 is 5.32 Å². The first-order valence-electron chi connectivity index (χ1n) is 6.89. The number of nitrogens with zero attached hydrogens (tertiary/aromatic N) is 1. The van der Waals surface area contributed by atoms with Crippen molar-refractivity contribution in [3.05, 3.63) is 0 Å². The molecule has 1 heterocycles. The molecule has 0 spiro atoms. The Balaban J connectivity index is 2.31. The smallest absolute Gasteiger partial charge is 0.0698 e. The zero-order chi connectivity index (χ0) is 12.5. The number of aliphatic hydroxyl groups is 1. The summed E-state index contributed by atoms with van der Waals surface area (Å²) < 4.78 is 5.43. The Bertz CT molecular complexity index is 188. The summed E-state index contributed by atoms with van der Waals surface area (Å²) in [5.74, 6) is 0. The highest BCUT2D eigenvalue weighted by Crippen LogP contribution is 2.13. The number of piperidine rings is 1. The summed E-state index contributed by atoms with van der Waals surface area (Å²) >= 11 is 0. The minimum atomic E-state index is 0.267. The van der Waals surface area contributed by atoms with Crippen LogP contribution in [0, 0.1) is 0 Å². The zero-order valence-corrected chi connectivity index (χ0v) is 11.3. The monoisotopic (exact) mass is 244 g/mol. The third-order valence-electron chi connectivity index (χ3n) is 3.43. The summed E-state index contributed by atoms with van der Waals surface area (Å²) in [5, 5.41) is 12.6. The van der Waals surface area contributed by atoms with Gasteiger partial charge in [0.25, 0.3) is 0 Å². The van der Waals surface area contributed by atoms with Crippen LogP contribution in [-0.2, 0) is 4.74 Å². The molecule has 0 saturated carbocycles. The quantitative estimate of drug-likeness (QED) is 0.664. The highest BCUT2D eigenvalue weighted by atomic mass is 16.5. The van der Waals surface area contributed by atoms with Crippen LogP contribution in [0.1, 0.15) is 32.6 Å². The second kappa shape index (κ2) is 8.86. The molecule has 2 N–H and O–H groups in total. The Morgan fingerprint density at radius 1 is 1.53 bits per heavy atom. The standard InChI is InChI=1S/C13H28N2O2/c1-3-7-14-12(6-9-16)10-15-8-4-5-13(11-15)17-2/h12-14,16H,3-11H2,1-2H3. The van der Waals surface area contributed by atoms with Crippen LogP contribution in [0.3, 0.4) is 0 Å². The van der Waals surface area contributed by atoms with Crippen molar-refractivity contribution in [2.45, 2.75) is 44.8 Å². The fraction of sp³-hybridized carbons (Fsp3) is 1.00. The van der Waals surface area contributed by atoms with Crippen molar-refractivity contribution in [3.63, 3.8) is 0 Å². The Hall–Kier alpha value is -0.160. The highest BCUT2D eigenvalue weighted by molar-refractivity contribution is 4.78. The van der Waals surface area contributed by atoms with E-state index in [1.807, 2.05) is 0 Å². The number of nitrogens with one attached hydrogen (secondary N) is 1. The largest absolute Gasteiger partial charge is 0.396 e. The summed E-state index contributed by atoms with van der Waals surface area (Å²) in [6.45, 7) is 6.70. The first-order chi connectivity index (χ1) is 8.30. The van der Waals surface area contributed by atoms with Crippen molar-refractivity contribution in [1.82, 2.24) is 10.2 Å². The van der Waals surface area contributed by atoms with Crippen LogP contribution >= 0.6 is 0 Å². The van der Waals surface area contributed by atoms with Crippen molar-refractivity contribution in [1.29, 1.82) is 0 Å². The lowest BCUT2D eigenvalue weighted by molar-refractivity contribution is 0.0271. The Morgan fingerprint density at radius 3 is 3.00 bits per heavy atom. The van der Waals surface area contributed by atoms with Crippen LogP contribution in [0.5, 0.6) is 0 Å². The molecule has 4 nitrogen and oxygen atoms in total. The van der Waals surface area contributed by atoms with Gasteiger partial charge < -0.3 is 15.2 Å². The summed E-state index contributed by atoms with van der Waals surface area (Å²) in [5.41, 5.74) is 0. The number of ether oxygens (including phenoxy) is 1. The lowest BCUT2D eigenvalue weighted by atomic mass is 10.1. The molecule has 0 aromatic carbocycles. The highest BCUT2D eigenvalue weighted by Gasteiger charge is 2.21. The zero-order valence-electron chi connectivity index (χ0n) is 11.3. The van der Waals surface area contributed by atoms with E-state index in [1.54, 1.807) is 7.11 Å². The van der Waals surface area contributed by atoms with E-state index < -0.39 is 0 Å². The maximum absolute atomic E-state index is 9.08. The Kier molecular flexibility index (Phi) is 7.77. The van der Waals surface area contributed by atoms with Crippen molar-refractivity contribution in [2.75, 3.05) is 39.9 Å². The molecule has 1 rings (SSSR count). The maximum atomic E-state index is 9.08. The second-order valence-electron chi connectivity index (χ2n) is 4.92. The number of likely N-dealkylation sites (tertiary alicyclic amines) is 1. The molecule has 0 radical (unpaired) electrons. The number of methoxy groups -OCH3 is 1. The minimum absolute atomic E-state index is 0.267. The van der Waals surface area contributed by atoms with Gasteiger partial charge in [0.15, 0.2) is 0 Å². The molecule has 1 saturated heterocycles. The molecule has 1 fully saturated rings. The SMILES string of the molecule is CCCNC(CCO)CN1CCCC(OC)C1. The van der Waals surface area contributed by atoms with Gasteiger partial charge in [-0.15, -0.1) is 0 Å². The molecule has 1 aliphatic heterocycles. The summed E-state index contributed by atoms with van der Waals surface area (Å²) in [6, 6.07) is 0.413. The summed E-state index contributed by atoms with van der Waals surface area (Å²) in [6.07, 6.45) is 4.78. The average molecular weight is 244 g/mol. The summed E-state index contributed by atoms with van der Waals surface area (Å²) in [7, 11) is 1.80. The topological polar surface area (TPSA) is 44.7 Å². The van der Waals surface area contributed by atoms with Gasteiger partial charge in [-0.05, 0) is 38.8 Å². The van der Waals surface area contributed by atoms with Gasteiger partial charge in [-0.25, -0.2) is 0 Å². The molecule has 0 bridgehead atoms. The molecule has 0 aromatic rings. The molecule has 4 heteroatoms. The molecule has 17 heavy (non-hydrogen) atoms. The molecule has 0 amide bonds. The van der Waals surface area contributed by atoms with Gasteiger partial charge in [0.1, 0.15) is 0 Å². The van der Waals surface area contributed by atoms with E-state index >= 15 is 0 Å². The molecule has 2 atom stereocenters. The van der Waals surface area contributed by atoms with Gasteiger partial charge in [-0.2, -0.15) is 0 Å². The molecule has 0 aromatic heterocycles. The van der Waals surface area contributed by atoms with Crippen molar-refractivity contribution in [2.24, 2.45) is 0 Å². The van der Waals surface area contributed by atoms with Crippen LogP contribution in [0.2, 0.25) is 0 Å². The van der Waals surface area contributed by atoms with Crippen molar-refractivity contribution < 1.29 is 9.84 Å².